The molecule has 3 N–H and O–H groups in total. The summed E-state index contributed by atoms with van der Waals surface area (Å²) >= 11 is 0. The number of nitrogens with one attached hydrogen (secondary N) is 1. The van der Waals surface area contributed by atoms with Gasteiger partial charge in [0, 0.05) is 0 Å². The molecule has 1 heterocycles. The number of carboxylic acid groups (broad SMARTS) is 1. The highest BCUT2D eigenvalue weighted by Gasteiger charge is 2.33. The lowest BCUT2D eigenvalue weighted by Gasteiger charge is -2.09. The number of hydrogen-bond acceptors (Lipinski definition) is 3. The number of rotatable bonds is 3. The van der Waals surface area contributed by atoms with Crippen LogP contribution in [0.5, 0.6) is 0 Å². The Morgan fingerprint density at radius 2 is 2.50 bits per heavy atom. The first-order valence-electron chi connectivity index (χ1n) is 2.96. The predicted octanol–water partition coefficient (Wildman–Crippen LogP) is -0.986. The van der Waals surface area contributed by atoms with E-state index in [0.29, 0.717) is 6.61 Å². The number of carbonyl (C=O) groups is 1. The molecular weight excluding hydrogens is 138 g/mol. The van der Waals surface area contributed by atoms with Gasteiger partial charge in [-0.3, -0.25) is 0 Å². The molecule has 58 valence electrons. The Bertz CT molecular complexity index is 134. The third kappa shape index (κ3) is 1.85. The Morgan fingerprint density at radius 1 is 1.90 bits per heavy atom. The second-order valence-electron chi connectivity index (χ2n) is 2.11. The highest BCUT2D eigenvalue weighted by molar-refractivity contribution is 5.65. The van der Waals surface area contributed by atoms with Crippen molar-refractivity contribution in [2.75, 3.05) is 13.2 Å². The van der Waals surface area contributed by atoms with E-state index in [1.165, 1.54) is 0 Å². The average Bonchev–Trinajstić information content (AvgIpc) is 2.63. The zero-order valence-corrected chi connectivity index (χ0v) is 5.28. The second-order valence-corrected chi connectivity index (χ2v) is 2.11. The quantitative estimate of drug-likeness (QED) is 0.448. The van der Waals surface area contributed by atoms with E-state index < -0.39 is 12.1 Å². The molecule has 10 heavy (non-hydrogen) atoms. The first kappa shape index (κ1) is 7.30. The molecule has 0 spiro atoms. The van der Waals surface area contributed by atoms with Crippen LogP contribution in [0, 0.1) is 0 Å². The minimum absolute atomic E-state index is 0.124. The van der Waals surface area contributed by atoms with Crippen LogP contribution < -0.4 is 5.32 Å². The SMILES string of the molecule is O=C(O)N[C@@H](CO)[C@H]1CO1. The summed E-state index contributed by atoms with van der Waals surface area (Å²) < 4.78 is 4.78. The van der Waals surface area contributed by atoms with Crippen LogP contribution in [0.2, 0.25) is 0 Å². The molecule has 0 aromatic rings. The van der Waals surface area contributed by atoms with Gasteiger partial charge in [0.2, 0.25) is 0 Å². The van der Waals surface area contributed by atoms with Crippen LogP contribution in [0.3, 0.4) is 0 Å². The van der Waals surface area contributed by atoms with Gasteiger partial charge in [0.05, 0.1) is 19.3 Å². The van der Waals surface area contributed by atoms with E-state index in [-0.39, 0.29) is 12.7 Å². The summed E-state index contributed by atoms with van der Waals surface area (Å²) in [5.41, 5.74) is 0. The van der Waals surface area contributed by atoms with E-state index in [4.69, 9.17) is 14.9 Å². The second kappa shape index (κ2) is 2.85. The van der Waals surface area contributed by atoms with Crippen molar-refractivity contribution in [2.45, 2.75) is 12.1 Å². The maximum absolute atomic E-state index is 10.0. The topological polar surface area (TPSA) is 82.1 Å². The fourth-order valence-corrected chi connectivity index (χ4v) is 0.703. The van der Waals surface area contributed by atoms with E-state index in [2.05, 4.69) is 5.32 Å². The predicted molar refractivity (Wildman–Crippen MR) is 31.8 cm³/mol. The molecule has 0 aliphatic carbocycles. The molecule has 0 aromatic carbocycles. The molecule has 5 nitrogen and oxygen atoms in total. The Hall–Kier alpha value is -0.810. The number of hydrogen-bond donors (Lipinski definition) is 3. The van der Waals surface area contributed by atoms with Gasteiger partial charge in [0.15, 0.2) is 0 Å². The molecule has 0 unspecified atom stereocenters. The third-order valence-corrected chi connectivity index (χ3v) is 1.31. The average molecular weight is 147 g/mol. The molecule has 1 saturated heterocycles. The van der Waals surface area contributed by atoms with Crippen molar-refractivity contribution in [3.05, 3.63) is 0 Å². The normalized spacial score (nSPS) is 25.5. The molecule has 1 aliphatic rings. The molecule has 1 amide bonds. The zero-order valence-electron chi connectivity index (χ0n) is 5.28. The molecule has 5 heteroatoms. The summed E-state index contributed by atoms with van der Waals surface area (Å²) in [6.07, 6.45) is -1.25. The minimum Gasteiger partial charge on any atom is -0.465 e. The van der Waals surface area contributed by atoms with Crippen LogP contribution in [0.4, 0.5) is 4.79 Å². The van der Waals surface area contributed by atoms with Crippen LogP contribution in [-0.4, -0.2) is 41.7 Å². The highest BCUT2D eigenvalue weighted by atomic mass is 16.6. The zero-order chi connectivity index (χ0) is 7.56. The van der Waals surface area contributed by atoms with E-state index in [0.717, 1.165) is 0 Å². The van der Waals surface area contributed by atoms with E-state index >= 15 is 0 Å². The summed E-state index contributed by atoms with van der Waals surface area (Å²) in [4.78, 5) is 10.0. The van der Waals surface area contributed by atoms with Crippen LogP contribution in [0.25, 0.3) is 0 Å². The van der Waals surface area contributed by atoms with Gasteiger partial charge in [-0.15, -0.1) is 0 Å². The highest BCUT2D eigenvalue weighted by Crippen LogP contribution is 2.13. The molecule has 0 radical (unpaired) electrons. The Kier molecular flexibility index (Phi) is 2.08. The maximum atomic E-state index is 10.0. The summed E-state index contributed by atoms with van der Waals surface area (Å²) in [6, 6.07) is -0.461. The van der Waals surface area contributed by atoms with Gasteiger partial charge in [0.25, 0.3) is 0 Å². The first-order chi connectivity index (χ1) is 4.74. The number of aliphatic hydroxyl groups excluding tert-OH is 1. The molecule has 0 aromatic heterocycles. The Morgan fingerprint density at radius 3 is 2.80 bits per heavy atom. The van der Waals surface area contributed by atoms with Crippen molar-refractivity contribution in [1.82, 2.24) is 5.32 Å². The number of aliphatic hydroxyl groups is 1. The van der Waals surface area contributed by atoms with Gasteiger partial charge in [-0.05, 0) is 0 Å². The summed E-state index contributed by atoms with van der Waals surface area (Å²) in [5.74, 6) is 0. The van der Waals surface area contributed by atoms with Crippen molar-refractivity contribution in [3.8, 4) is 0 Å². The van der Waals surface area contributed by atoms with Crippen LogP contribution in [0.1, 0.15) is 0 Å². The van der Waals surface area contributed by atoms with Gasteiger partial charge in [0.1, 0.15) is 6.10 Å². The van der Waals surface area contributed by atoms with E-state index in [1.807, 2.05) is 0 Å². The Labute approximate surface area is 57.6 Å². The lowest BCUT2D eigenvalue weighted by atomic mass is 10.2. The first-order valence-corrected chi connectivity index (χ1v) is 2.96. The molecule has 2 atom stereocenters. The van der Waals surface area contributed by atoms with Gasteiger partial charge in [-0.2, -0.15) is 0 Å². The lowest BCUT2D eigenvalue weighted by Crippen LogP contribution is -2.40. The maximum Gasteiger partial charge on any atom is 0.405 e. The summed E-state index contributed by atoms with van der Waals surface area (Å²) in [7, 11) is 0. The smallest absolute Gasteiger partial charge is 0.405 e. The van der Waals surface area contributed by atoms with Crippen molar-refractivity contribution >= 4 is 6.09 Å². The largest absolute Gasteiger partial charge is 0.465 e. The lowest BCUT2D eigenvalue weighted by molar-refractivity contribution is 0.168. The van der Waals surface area contributed by atoms with Crippen molar-refractivity contribution in [3.63, 3.8) is 0 Å². The monoisotopic (exact) mass is 147 g/mol. The van der Waals surface area contributed by atoms with Crippen molar-refractivity contribution < 1.29 is 19.7 Å². The number of epoxide rings is 1. The van der Waals surface area contributed by atoms with E-state index in [1.54, 1.807) is 0 Å². The van der Waals surface area contributed by atoms with E-state index in [9.17, 15) is 4.79 Å². The molecular formula is C5H9NO4. The molecule has 1 fully saturated rings. The van der Waals surface area contributed by atoms with Crippen molar-refractivity contribution in [1.29, 1.82) is 0 Å². The van der Waals surface area contributed by atoms with Crippen LogP contribution in [-0.2, 0) is 4.74 Å². The molecule has 0 bridgehead atoms. The molecule has 1 rings (SSSR count). The summed E-state index contributed by atoms with van der Waals surface area (Å²) in [5, 5.41) is 18.9. The molecule has 0 saturated carbocycles. The fourth-order valence-electron chi connectivity index (χ4n) is 0.703. The summed E-state index contributed by atoms with van der Waals surface area (Å²) in [6.45, 7) is 0.322. The standard InChI is InChI=1S/C5H9NO4/c7-1-3(4-2-10-4)6-5(8)9/h3-4,6-7H,1-2H2,(H,8,9)/t3-,4+/m0/s1. The van der Waals surface area contributed by atoms with Gasteiger partial charge < -0.3 is 20.3 Å². The minimum atomic E-state index is -1.13. The molecule has 1 aliphatic heterocycles. The number of ether oxygens (including phenoxy) is 1. The Balaban J connectivity index is 2.25. The van der Waals surface area contributed by atoms with Crippen molar-refractivity contribution in [2.24, 2.45) is 0 Å². The van der Waals surface area contributed by atoms with Gasteiger partial charge in [-0.1, -0.05) is 0 Å². The number of amides is 1. The fraction of sp³-hybridized carbons (Fsp3) is 0.800. The van der Waals surface area contributed by atoms with Crippen LogP contribution in [0.15, 0.2) is 0 Å². The third-order valence-electron chi connectivity index (χ3n) is 1.31. The van der Waals surface area contributed by atoms with Gasteiger partial charge >= 0.3 is 6.09 Å². The van der Waals surface area contributed by atoms with Gasteiger partial charge in [-0.25, -0.2) is 4.79 Å². The van der Waals surface area contributed by atoms with Crippen LogP contribution >= 0.6 is 0 Å².